The molecule has 1 fully saturated rings. The van der Waals surface area contributed by atoms with Gasteiger partial charge in [-0.1, -0.05) is 0 Å². The molecule has 1 aliphatic rings. The van der Waals surface area contributed by atoms with Crippen LogP contribution in [-0.2, 0) is 4.74 Å². The smallest absolute Gasteiger partial charge is 0.336 e. The number of hydrogen-bond acceptors (Lipinski definition) is 8. The van der Waals surface area contributed by atoms with Crippen LogP contribution in [0.25, 0.3) is 11.0 Å². The predicted molar refractivity (Wildman–Crippen MR) is 84.6 cm³/mol. The van der Waals surface area contributed by atoms with E-state index in [2.05, 4.69) is 5.32 Å². The first-order valence-electron chi connectivity index (χ1n) is 7.52. The number of aliphatic hydroxyl groups excluding tert-OH is 4. The molecule has 0 spiro atoms. The highest BCUT2D eigenvalue weighted by Crippen LogP contribution is 2.25. The van der Waals surface area contributed by atoms with E-state index in [0.717, 1.165) is 10.9 Å². The van der Waals surface area contributed by atoms with Gasteiger partial charge < -0.3 is 34.9 Å². The Morgan fingerprint density at radius 3 is 2.62 bits per heavy atom. The molecule has 4 unspecified atom stereocenters. The van der Waals surface area contributed by atoms with E-state index in [4.69, 9.17) is 14.3 Å². The molecule has 8 nitrogen and oxygen atoms in total. The number of hydrogen-bond donors (Lipinski definition) is 5. The van der Waals surface area contributed by atoms with Gasteiger partial charge >= 0.3 is 5.63 Å². The molecular weight excluding hydrogens is 318 g/mol. The van der Waals surface area contributed by atoms with Crippen LogP contribution in [-0.4, -0.2) is 57.7 Å². The summed E-state index contributed by atoms with van der Waals surface area (Å²) in [5.41, 5.74) is 1.13. The van der Waals surface area contributed by atoms with Crippen LogP contribution in [0.4, 0.5) is 5.69 Å². The molecule has 1 aromatic carbocycles. The van der Waals surface area contributed by atoms with Gasteiger partial charge in [-0.3, -0.25) is 0 Å². The van der Waals surface area contributed by atoms with E-state index >= 15 is 0 Å². The van der Waals surface area contributed by atoms with Crippen LogP contribution in [0.1, 0.15) is 5.56 Å². The molecular formula is C16H19NO7. The second-order valence-corrected chi connectivity index (χ2v) is 5.86. The van der Waals surface area contributed by atoms with E-state index < -0.39 is 42.9 Å². The molecule has 0 bridgehead atoms. The standard InChI is InChI=1S/C16H19NO7/c1-7-4-12(19)23-10-5-8(2-3-9(7)10)17-13-15(21)14(20)11(6-18)24-16(13)22/h2-5,11,13-18,20-22H,6H2,1H3/t11?,13?,14-,15?,16?/m0/s1. The number of ether oxygens (including phenoxy) is 1. The zero-order valence-corrected chi connectivity index (χ0v) is 12.9. The quantitative estimate of drug-likeness (QED) is 0.465. The summed E-state index contributed by atoms with van der Waals surface area (Å²) in [4.78, 5) is 11.5. The van der Waals surface area contributed by atoms with Crippen LogP contribution in [0.5, 0.6) is 0 Å². The highest BCUT2D eigenvalue weighted by atomic mass is 16.6. The average Bonchev–Trinajstić information content (AvgIpc) is 2.54. The lowest BCUT2D eigenvalue weighted by Crippen LogP contribution is -2.61. The van der Waals surface area contributed by atoms with Crippen LogP contribution < -0.4 is 10.9 Å². The van der Waals surface area contributed by atoms with Gasteiger partial charge in [-0.05, 0) is 24.6 Å². The summed E-state index contributed by atoms with van der Waals surface area (Å²) in [5, 5.41) is 42.7. The lowest BCUT2D eigenvalue weighted by Gasteiger charge is -2.40. The van der Waals surface area contributed by atoms with Gasteiger partial charge in [-0.25, -0.2) is 4.79 Å². The van der Waals surface area contributed by atoms with Gasteiger partial charge in [0.15, 0.2) is 6.29 Å². The minimum atomic E-state index is -1.43. The average molecular weight is 337 g/mol. The summed E-state index contributed by atoms with van der Waals surface area (Å²) in [6.07, 6.45) is -5.20. The monoisotopic (exact) mass is 337 g/mol. The third-order valence-electron chi connectivity index (χ3n) is 4.18. The molecule has 2 aromatic rings. The highest BCUT2D eigenvalue weighted by Gasteiger charge is 2.43. The summed E-state index contributed by atoms with van der Waals surface area (Å²) in [6, 6.07) is 5.37. The van der Waals surface area contributed by atoms with Gasteiger partial charge in [-0.15, -0.1) is 0 Å². The Hall–Kier alpha value is -1.97. The van der Waals surface area contributed by atoms with Crippen LogP contribution in [0.2, 0.25) is 0 Å². The molecule has 24 heavy (non-hydrogen) atoms. The van der Waals surface area contributed by atoms with E-state index in [1.165, 1.54) is 6.07 Å². The minimum absolute atomic E-state index is 0.361. The van der Waals surface area contributed by atoms with Crippen LogP contribution in [0.15, 0.2) is 33.5 Å². The maximum atomic E-state index is 11.5. The van der Waals surface area contributed by atoms with E-state index in [9.17, 15) is 20.1 Å². The van der Waals surface area contributed by atoms with Gasteiger partial charge in [0.1, 0.15) is 29.9 Å². The molecule has 0 aliphatic carbocycles. The fourth-order valence-corrected chi connectivity index (χ4v) is 2.86. The molecule has 2 heterocycles. The number of anilines is 1. The van der Waals surface area contributed by atoms with Crippen molar-refractivity contribution in [1.29, 1.82) is 0 Å². The van der Waals surface area contributed by atoms with Crippen LogP contribution in [0, 0.1) is 6.92 Å². The Kier molecular flexibility index (Phi) is 4.57. The third kappa shape index (κ3) is 3.02. The Morgan fingerprint density at radius 1 is 1.17 bits per heavy atom. The Labute approximate surface area is 136 Å². The first kappa shape index (κ1) is 16.9. The maximum Gasteiger partial charge on any atom is 0.336 e. The molecule has 0 radical (unpaired) electrons. The van der Waals surface area contributed by atoms with Crippen molar-refractivity contribution in [2.75, 3.05) is 11.9 Å². The first-order valence-corrected chi connectivity index (χ1v) is 7.52. The second-order valence-electron chi connectivity index (χ2n) is 5.86. The molecule has 1 saturated heterocycles. The van der Waals surface area contributed by atoms with Crippen molar-refractivity contribution in [3.8, 4) is 0 Å². The van der Waals surface area contributed by atoms with Crippen molar-refractivity contribution in [2.24, 2.45) is 0 Å². The second kappa shape index (κ2) is 6.50. The van der Waals surface area contributed by atoms with Crippen molar-refractivity contribution in [3.63, 3.8) is 0 Å². The van der Waals surface area contributed by atoms with E-state index in [-0.39, 0.29) is 0 Å². The summed E-state index contributed by atoms with van der Waals surface area (Å²) in [7, 11) is 0. The molecule has 1 aliphatic heterocycles. The van der Waals surface area contributed by atoms with Gasteiger partial charge in [0.25, 0.3) is 0 Å². The maximum absolute atomic E-state index is 11.5. The first-order chi connectivity index (χ1) is 11.4. The van der Waals surface area contributed by atoms with E-state index in [0.29, 0.717) is 11.3 Å². The van der Waals surface area contributed by atoms with Crippen molar-refractivity contribution < 1.29 is 29.6 Å². The zero-order valence-electron chi connectivity index (χ0n) is 12.9. The van der Waals surface area contributed by atoms with Crippen LogP contribution >= 0.6 is 0 Å². The van der Waals surface area contributed by atoms with E-state index in [1.807, 2.05) is 0 Å². The fourth-order valence-electron chi connectivity index (χ4n) is 2.86. The molecule has 5 N–H and O–H groups in total. The molecule has 8 heteroatoms. The largest absolute Gasteiger partial charge is 0.423 e. The summed E-state index contributed by atoms with van der Waals surface area (Å²) in [5.74, 6) is 0. The molecule has 130 valence electrons. The van der Waals surface area contributed by atoms with Gasteiger partial charge in [0, 0.05) is 23.2 Å². The molecule has 0 amide bonds. The number of benzene rings is 1. The number of fused-ring (bicyclic) bond motifs is 1. The lowest BCUT2D eigenvalue weighted by molar-refractivity contribution is -0.245. The minimum Gasteiger partial charge on any atom is -0.423 e. The number of aryl methyl sites for hydroxylation is 1. The summed E-state index contributed by atoms with van der Waals surface area (Å²) >= 11 is 0. The Balaban J connectivity index is 1.88. The predicted octanol–water partition coefficient (Wildman–Crippen LogP) is -0.687. The molecule has 5 atom stereocenters. The SMILES string of the molecule is Cc1cc(=O)oc2cc(NC3C(O)OC(CO)[C@H](O)C3O)ccc12. The molecule has 0 saturated carbocycles. The highest BCUT2D eigenvalue weighted by molar-refractivity contribution is 5.83. The number of nitrogens with one attached hydrogen (secondary N) is 1. The van der Waals surface area contributed by atoms with Gasteiger partial charge in [0.05, 0.1) is 6.61 Å². The molecule has 1 aromatic heterocycles. The molecule has 3 rings (SSSR count). The third-order valence-corrected chi connectivity index (χ3v) is 4.18. The topological polar surface area (TPSA) is 132 Å². The normalized spacial score (nSPS) is 30.5. The van der Waals surface area contributed by atoms with Gasteiger partial charge in [0.2, 0.25) is 0 Å². The lowest BCUT2D eigenvalue weighted by atomic mass is 9.97. The zero-order chi connectivity index (χ0) is 17.4. The Bertz CT molecular complexity index is 790. The van der Waals surface area contributed by atoms with Crippen LogP contribution in [0.3, 0.4) is 0 Å². The van der Waals surface area contributed by atoms with Crippen molar-refractivity contribution >= 4 is 16.7 Å². The summed E-state index contributed by atoms with van der Waals surface area (Å²) < 4.78 is 10.2. The van der Waals surface area contributed by atoms with Crippen molar-refractivity contribution in [1.82, 2.24) is 0 Å². The Morgan fingerprint density at radius 2 is 1.92 bits per heavy atom. The van der Waals surface area contributed by atoms with Crippen molar-refractivity contribution in [3.05, 3.63) is 40.2 Å². The fraction of sp³-hybridized carbons (Fsp3) is 0.438. The van der Waals surface area contributed by atoms with Crippen molar-refractivity contribution in [2.45, 2.75) is 37.6 Å². The number of rotatable bonds is 3. The van der Waals surface area contributed by atoms with E-state index in [1.54, 1.807) is 25.1 Å². The number of aliphatic hydroxyl groups is 4. The van der Waals surface area contributed by atoms with Gasteiger partial charge in [-0.2, -0.15) is 0 Å². The summed E-state index contributed by atoms with van der Waals surface area (Å²) in [6.45, 7) is 1.27.